The minimum atomic E-state index is -0.145. The number of aryl methyl sites for hydroxylation is 2. The van der Waals surface area contributed by atoms with Gasteiger partial charge in [-0.05, 0) is 67.2 Å². The van der Waals surface area contributed by atoms with Crippen LogP contribution in [0.3, 0.4) is 0 Å². The highest BCUT2D eigenvalue weighted by Crippen LogP contribution is 2.19. The van der Waals surface area contributed by atoms with Gasteiger partial charge >= 0.3 is 0 Å². The average molecular weight is 394 g/mol. The molecule has 0 saturated carbocycles. The smallest absolute Gasteiger partial charge is 0.282 e. The van der Waals surface area contributed by atoms with Crippen molar-refractivity contribution < 1.29 is 4.74 Å². The van der Waals surface area contributed by atoms with Gasteiger partial charge in [0.1, 0.15) is 10.2 Å². The molecule has 1 atom stereocenters. The van der Waals surface area contributed by atoms with E-state index in [-0.39, 0.29) is 17.7 Å². The number of halogens is 1. The van der Waals surface area contributed by atoms with E-state index in [4.69, 9.17) is 4.74 Å². The molecule has 0 radical (unpaired) electrons. The highest BCUT2D eigenvalue weighted by atomic mass is 79.9. The van der Waals surface area contributed by atoms with Crippen molar-refractivity contribution in [3.63, 3.8) is 0 Å². The first-order chi connectivity index (χ1) is 11.4. The summed E-state index contributed by atoms with van der Waals surface area (Å²) in [7, 11) is 1.63. The maximum Gasteiger partial charge on any atom is 0.282 e. The molecule has 0 bridgehead atoms. The summed E-state index contributed by atoms with van der Waals surface area (Å²) in [5, 5.41) is 7.38. The molecule has 1 unspecified atom stereocenters. The number of aromatic nitrogens is 2. The molecule has 5 nitrogen and oxygen atoms in total. The maximum atomic E-state index is 11.9. The Labute approximate surface area is 151 Å². The van der Waals surface area contributed by atoms with Crippen LogP contribution >= 0.6 is 15.9 Å². The lowest BCUT2D eigenvalue weighted by Crippen LogP contribution is -2.24. The maximum absolute atomic E-state index is 11.9. The van der Waals surface area contributed by atoms with Crippen LogP contribution in [0.4, 0.5) is 5.69 Å². The van der Waals surface area contributed by atoms with Crippen molar-refractivity contribution in [2.24, 2.45) is 7.05 Å². The lowest BCUT2D eigenvalue weighted by Gasteiger charge is -2.16. The van der Waals surface area contributed by atoms with Crippen molar-refractivity contribution in [2.45, 2.75) is 45.8 Å². The van der Waals surface area contributed by atoms with Crippen LogP contribution in [0.15, 0.2) is 39.7 Å². The Morgan fingerprint density at radius 3 is 2.54 bits per heavy atom. The summed E-state index contributed by atoms with van der Waals surface area (Å²) in [6.07, 6.45) is 3.75. The molecule has 130 valence electrons. The van der Waals surface area contributed by atoms with Gasteiger partial charge in [0.15, 0.2) is 0 Å². The largest absolute Gasteiger partial charge is 0.491 e. The molecule has 24 heavy (non-hydrogen) atoms. The lowest BCUT2D eigenvalue weighted by atomic mass is 10.1. The summed E-state index contributed by atoms with van der Waals surface area (Å²) in [4.78, 5) is 11.9. The molecule has 1 N–H and O–H groups in total. The summed E-state index contributed by atoms with van der Waals surface area (Å²) >= 11 is 3.33. The molecule has 0 saturated heterocycles. The molecule has 6 heteroatoms. The zero-order valence-electron chi connectivity index (χ0n) is 14.5. The Hall–Kier alpha value is -1.82. The summed E-state index contributed by atoms with van der Waals surface area (Å²) in [5.74, 6) is 0.898. The molecule has 0 aliphatic rings. The van der Waals surface area contributed by atoms with Crippen molar-refractivity contribution in [1.82, 2.24) is 9.78 Å². The number of rotatable bonds is 7. The number of ether oxygens (including phenoxy) is 1. The van der Waals surface area contributed by atoms with Crippen molar-refractivity contribution in [3.8, 4) is 5.75 Å². The molecule has 1 aromatic carbocycles. The summed E-state index contributed by atoms with van der Waals surface area (Å²) in [6.45, 7) is 6.14. The first-order valence-corrected chi connectivity index (χ1v) is 8.90. The van der Waals surface area contributed by atoms with Gasteiger partial charge in [0.05, 0.1) is 18.0 Å². The van der Waals surface area contributed by atoms with Gasteiger partial charge in [-0.1, -0.05) is 12.1 Å². The Kier molecular flexibility index (Phi) is 6.43. The van der Waals surface area contributed by atoms with Crippen LogP contribution in [0.25, 0.3) is 0 Å². The van der Waals surface area contributed by atoms with Crippen LogP contribution in [-0.2, 0) is 13.5 Å². The van der Waals surface area contributed by atoms with Gasteiger partial charge in [-0.3, -0.25) is 4.79 Å². The predicted molar refractivity (Wildman–Crippen MR) is 101 cm³/mol. The summed E-state index contributed by atoms with van der Waals surface area (Å²) in [5.41, 5.74) is 1.85. The summed E-state index contributed by atoms with van der Waals surface area (Å²) in [6, 6.07) is 8.44. The fourth-order valence-electron chi connectivity index (χ4n) is 2.34. The van der Waals surface area contributed by atoms with Gasteiger partial charge in [-0.15, -0.1) is 0 Å². The van der Waals surface area contributed by atoms with Crippen LogP contribution in [0.2, 0.25) is 0 Å². The number of hydrogen-bond donors (Lipinski definition) is 1. The molecule has 0 aliphatic carbocycles. The minimum absolute atomic E-state index is 0.145. The number of anilines is 1. The fraction of sp³-hybridized carbons (Fsp3) is 0.444. The molecule has 0 aliphatic heterocycles. The van der Waals surface area contributed by atoms with E-state index in [2.05, 4.69) is 45.4 Å². The predicted octanol–water partition coefficient (Wildman–Crippen LogP) is 3.76. The second-order valence-corrected chi connectivity index (χ2v) is 6.99. The zero-order chi connectivity index (χ0) is 17.7. The van der Waals surface area contributed by atoms with E-state index in [0.717, 1.165) is 24.3 Å². The first-order valence-electron chi connectivity index (χ1n) is 8.10. The number of nitrogens with one attached hydrogen (secondary N) is 1. The van der Waals surface area contributed by atoms with Gasteiger partial charge in [0, 0.05) is 13.1 Å². The number of hydrogen-bond acceptors (Lipinski definition) is 4. The average Bonchev–Trinajstić information content (AvgIpc) is 2.54. The molecule has 1 heterocycles. The van der Waals surface area contributed by atoms with Crippen LogP contribution in [0, 0.1) is 0 Å². The molecule has 0 spiro atoms. The van der Waals surface area contributed by atoms with E-state index in [1.54, 1.807) is 13.2 Å². The highest BCUT2D eigenvalue weighted by Gasteiger charge is 2.10. The Morgan fingerprint density at radius 2 is 1.92 bits per heavy atom. The van der Waals surface area contributed by atoms with Crippen LogP contribution in [0.1, 0.15) is 32.8 Å². The molecule has 0 amide bonds. The Balaban J connectivity index is 1.90. The van der Waals surface area contributed by atoms with E-state index in [0.29, 0.717) is 4.47 Å². The van der Waals surface area contributed by atoms with Gasteiger partial charge in [-0.2, -0.15) is 5.10 Å². The monoisotopic (exact) mass is 393 g/mol. The highest BCUT2D eigenvalue weighted by molar-refractivity contribution is 9.10. The molecular weight excluding hydrogens is 370 g/mol. The second kappa shape index (κ2) is 8.33. The van der Waals surface area contributed by atoms with Gasteiger partial charge in [-0.25, -0.2) is 4.68 Å². The van der Waals surface area contributed by atoms with E-state index in [9.17, 15) is 4.79 Å². The van der Waals surface area contributed by atoms with Crippen LogP contribution in [-0.4, -0.2) is 21.9 Å². The second-order valence-electron chi connectivity index (χ2n) is 6.20. The van der Waals surface area contributed by atoms with E-state index >= 15 is 0 Å². The Bertz CT molecular complexity index is 726. The quantitative estimate of drug-likeness (QED) is 0.777. The van der Waals surface area contributed by atoms with Gasteiger partial charge < -0.3 is 10.1 Å². The number of benzene rings is 1. The third-order valence-electron chi connectivity index (χ3n) is 3.64. The SMILES string of the molecule is CC(CCc1ccc(OC(C)C)cc1)Nc1cnn(C)c(=O)c1Br. The third-order valence-corrected chi connectivity index (χ3v) is 4.41. The molecule has 2 rings (SSSR count). The molecular formula is C18H24BrN3O2. The molecule has 1 aromatic heterocycles. The van der Waals surface area contributed by atoms with E-state index in [1.165, 1.54) is 10.2 Å². The van der Waals surface area contributed by atoms with Crippen LogP contribution in [0.5, 0.6) is 5.75 Å². The van der Waals surface area contributed by atoms with Crippen molar-refractivity contribution in [3.05, 3.63) is 50.9 Å². The topological polar surface area (TPSA) is 56.1 Å². The Morgan fingerprint density at radius 1 is 1.25 bits per heavy atom. The standard InChI is InChI=1S/C18H24BrN3O2/c1-12(2)24-15-9-7-14(8-10-15)6-5-13(3)21-16-11-20-22(4)18(23)17(16)19/h7-13,21H,5-6H2,1-4H3. The lowest BCUT2D eigenvalue weighted by molar-refractivity contribution is 0.242. The van der Waals surface area contributed by atoms with Crippen LogP contribution < -0.4 is 15.6 Å². The normalized spacial score (nSPS) is 12.2. The summed E-state index contributed by atoms with van der Waals surface area (Å²) < 4.78 is 7.47. The fourth-order valence-corrected chi connectivity index (χ4v) is 2.81. The molecule has 0 fully saturated rings. The first kappa shape index (κ1) is 18.5. The zero-order valence-corrected chi connectivity index (χ0v) is 16.1. The van der Waals surface area contributed by atoms with Crippen molar-refractivity contribution >= 4 is 21.6 Å². The number of nitrogens with zero attached hydrogens (tertiary/aromatic N) is 2. The van der Waals surface area contributed by atoms with Gasteiger partial charge in [0.25, 0.3) is 5.56 Å². The van der Waals surface area contributed by atoms with Crippen molar-refractivity contribution in [1.29, 1.82) is 0 Å². The van der Waals surface area contributed by atoms with Gasteiger partial charge in [0.2, 0.25) is 0 Å². The molecule has 2 aromatic rings. The van der Waals surface area contributed by atoms with E-state index in [1.807, 2.05) is 26.0 Å². The van der Waals surface area contributed by atoms with Crippen molar-refractivity contribution in [2.75, 3.05) is 5.32 Å². The minimum Gasteiger partial charge on any atom is -0.491 e. The van der Waals surface area contributed by atoms with E-state index < -0.39 is 0 Å². The third kappa shape index (κ3) is 5.09.